The quantitative estimate of drug-likeness (QED) is 0.873. The van der Waals surface area contributed by atoms with Gasteiger partial charge in [-0.15, -0.1) is 0 Å². The number of hydrogen-bond donors (Lipinski definition) is 2. The molecule has 0 aliphatic heterocycles. The molecule has 0 atom stereocenters. The number of amides is 1. The number of rotatable bonds is 2. The lowest BCUT2D eigenvalue weighted by molar-refractivity contribution is 0.102. The van der Waals surface area contributed by atoms with Crippen LogP contribution in [-0.2, 0) is 0 Å². The number of hydrogen-bond acceptors (Lipinski definition) is 3. The van der Waals surface area contributed by atoms with Gasteiger partial charge in [0.25, 0.3) is 5.91 Å². The molecular formula is C13H12ClN3O. The molecule has 0 aliphatic carbocycles. The number of nitrogens with zero attached hydrogens (tertiary/aromatic N) is 1. The fourth-order valence-corrected chi connectivity index (χ4v) is 1.67. The van der Waals surface area contributed by atoms with Crippen LogP contribution < -0.4 is 11.1 Å². The molecule has 2 rings (SSSR count). The smallest absolute Gasteiger partial charge is 0.257 e. The maximum absolute atomic E-state index is 12.0. The van der Waals surface area contributed by atoms with Gasteiger partial charge in [0, 0.05) is 10.6 Å². The molecule has 0 fully saturated rings. The van der Waals surface area contributed by atoms with Gasteiger partial charge in [-0.1, -0.05) is 17.7 Å². The van der Waals surface area contributed by atoms with E-state index in [-0.39, 0.29) is 5.91 Å². The lowest BCUT2D eigenvalue weighted by Gasteiger charge is -2.07. The summed E-state index contributed by atoms with van der Waals surface area (Å²) in [7, 11) is 0. The van der Waals surface area contributed by atoms with E-state index >= 15 is 0 Å². The third kappa shape index (κ3) is 2.78. The zero-order valence-electron chi connectivity index (χ0n) is 9.77. The summed E-state index contributed by atoms with van der Waals surface area (Å²) in [5.74, 6) is 0.209. The Morgan fingerprint density at radius 3 is 2.78 bits per heavy atom. The second-order valence-corrected chi connectivity index (χ2v) is 4.33. The van der Waals surface area contributed by atoms with E-state index < -0.39 is 0 Å². The summed E-state index contributed by atoms with van der Waals surface area (Å²) in [5, 5.41) is 3.21. The summed E-state index contributed by atoms with van der Waals surface area (Å²) in [6.45, 7) is 1.85. The first-order valence-electron chi connectivity index (χ1n) is 5.35. The third-order valence-corrected chi connectivity index (χ3v) is 2.71. The van der Waals surface area contributed by atoms with Gasteiger partial charge < -0.3 is 11.1 Å². The highest BCUT2D eigenvalue weighted by Crippen LogP contribution is 2.17. The van der Waals surface area contributed by atoms with Gasteiger partial charge in [0.05, 0.1) is 11.9 Å². The van der Waals surface area contributed by atoms with Gasteiger partial charge in [-0.2, -0.15) is 0 Å². The zero-order chi connectivity index (χ0) is 13.1. The minimum absolute atomic E-state index is 0.243. The molecule has 0 saturated heterocycles. The third-order valence-electron chi connectivity index (χ3n) is 2.47. The van der Waals surface area contributed by atoms with Gasteiger partial charge in [-0.05, 0) is 36.8 Å². The molecule has 0 radical (unpaired) electrons. The van der Waals surface area contributed by atoms with Gasteiger partial charge in [0.15, 0.2) is 0 Å². The second kappa shape index (κ2) is 5.06. The first-order valence-corrected chi connectivity index (χ1v) is 5.73. The van der Waals surface area contributed by atoms with Crippen molar-refractivity contribution in [1.29, 1.82) is 0 Å². The number of carbonyl (C=O) groups excluding carboxylic acids is 1. The van der Waals surface area contributed by atoms with E-state index in [0.29, 0.717) is 22.1 Å². The summed E-state index contributed by atoms with van der Waals surface area (Å²) in [6, 6.07) is 8.49. The van der Waals surface area contributed by atoms with Crippen molar-refractivity contribution in [3.05, 3.63) is 52.7 Å². The molecule has 0 bridgehead atoms. The standard InChI is InChI=1S/C13H12ClN3O/c1-8-2-3-9(14)6-11(8)13(18)17-12-5-4-10(15)7-16-12/h2-7H,15H2,1H3,(H,16,17,18). The highest BCUT2D eigenvalue weighted by atomic mass is 35.5. The molecule has 0 saturated carbocycles. The molecule has 4 nitrogen and oxygen atoms in total. The van der Waals surface area contributed by atoms with E-state index in [4.69, 9.17) is 17.3 Å². The summed E-state index contributed by atoms with van der Waals surface area (Å²) in [4.78, 5) is 16.0. The summed E-state index contributed by atoms with van der Waals surface area (Å²) in [6.07, 6.45) is 1.49. The fraction of sp³-hybridized carbons (Fsp3) is 0.0769. The SMILES string of the molecule is Cc1ccc(Cl)cc1C(=O)Nc1ccc(N)cn1. The zero-order valence-corrected chi connectivity index (χ0v) is 10.5. The summed E-state index contributed by atoms with van der Waals surface area (Å²) >= 11 is 5.87. The van der Waals surface area contributed by atoms with E-state index in [0.717, 1.165) is 5.56 Å². The number of benzene rings is 1. The average molecular weight is 262 g/mol. The van der Waals surface area contributed by atoms with Crippen molar-refractivity contribution in [2.45, 2.75) is 6.92 Å². The van der Waals surface area contributed by atoms with Crippen LogP contribution in [0.1, 0.15) is 15.9 Å². The van der Waals surface area contributed by atoms with Crippen molar-refractivity contribution < 1.29 is 4.79 Å². The van der Waals surface area contributed by atoms with E-state index in [1.54, 1.807) is 30.3 Å². The Bertz CT molecular complexity index is 581. The van der Waals surface area contributed by atoms with Gasteiger partial charge in [-0.3, -0.25) is 4.79 Å². The predicted molar refractivity (Wildman–Crippen MR) is 72.8 cm³/mol. The van der Waals surface area contributed by atoms with Crippen LogP contribution in [0, 0.1) is 6.92 Å². The average Bonchev–Trinajstić information content (AvgIpc) is 2.35. The van der Waals surface area contributed by atoms with Crippen molar-refractivity contribution in [3.63, 3.8) is 0 Å². The molecule has 1 heterocycles. The van der Waals surface area contributed by atoms with Crippen molar-refractivity contribution in [2.75, 3.05) is 11.1 Å². The van der Waals surface area contributed by atoms with Crippen LogP contribution in [0.15, 0.2) is 36.5 Å². The fourth-order valence-electron chi connectivity index (χ4n) is 1.50. The summed E-state index contributed by atoms with van der Waals surface area (Å²) in [5.41, 5.74) is 7.45. The van der Waals surface area contributed by atoms with Crippen molar-refractivity contribution in [2.24, 2.45) is 0 Å². The van der Waals surface area contributed by atoms with E-state index in [2.05, 4.69) is 10.3 Å². The Kier molecular flexibility index (Phi) is 3.48. The second-order valence-electron chi connectivity index (χ2n) is 3.89. The first-order chi connectivity index (χ1) is 8.56. The lowest BCUT2D eigenvalue weighted by atomic mass is 10.1. The van der Waals surface area contributed by atoms with Crippen LogP contribution in [0.5, 0.6) is 0 Å². The van der Waals surface area contributed by atoms with Crippen LogP contribution in [0.4, 0.5) is 11.5 Å². The number of carbonyl (C=O) groups is 1. The van der Waals surface area contributed by atoms with Gasteiger partial charge in [0.2, 0.25) is 0 Å². The Morgan fingerprint density at radius 1 is 1.33 bits per heavy atom. The number of halogens is 1. The molecule has 1 aromatic heterocycles. The number of aromatic nitrogens is 1. The largest absolute Gasteiger partial charge is 0.397 e. The maximum Gasteiger partial charge on any atom is 0.257 e. The number of nitrogens with two attached hydrogens (primary N) is 1. The molecule has 0 aliphatic rings. The molecule has 0 spiro atoms. The monoisotopic (exact) mass is 261 g/mol. The molecule has 0 unspecified atom stereocenters. The van der Waals surface area contributed by atoms with Crippen LogP contribution in [0.2, 0.25) is 5.02 Å². The van der Waals surface area contributed by atoms with Gasteiger partial charge >= 0.3 is 0 Å². The molecule has 1 amide bonds. The van der Waals surface area contributed by atoms with Gasteiger partial charge in [-0.25, -0.2) is 4.98 Å². The van der Waals surface area contributed by atoms with E-state index in [1.807, 2.05) is 6.92 Å². The minimum Gasteiger partial charge on any atom is -0.397 e. The maximum atomic E-state index is 12.0. The molecule has 3 N–H and O–H groups in total. The van der Waals surface area contributed by atoms with Crippen LogP contribution in [-0.4, -0.2) is 10.9 Å². The molecular weight excluding hydrogens is 250 g/mol. The topological polar surface area (TPSA) is 68.0 Å². The highest BCUT2D eigenvalue weighted by Gasteiger charge is 2.10. The number of nitrogens with one attached hydrogen (secondary N) is 1. The molecule has 5 heteroatoms. The number of aryl methyl sites for hydroxylation is 1. The number of nitrogen functional groups attached to an aromatic ring is 1. The van der Waals surface area contributed by atoms with Crippen LogP contribution in [0.25, 0.3) is 0 Å². The van der Waals surface area contributed by atoms with Crippen molar-refractivity contribution >= 4 is 29.0 Å². The first kappa shape index (κ1) is 12.4. The van der Waals surface area contributed by atoms with Crippen LogP contribution in [0.3, 0.4) is 0 Å². The van der Waals surface area contributed by atoms with Crippen molar-refractivity contribution in [3.8, 4) is 0 Å². The Labute approximate surface area is 110 Å². The summed E-state index contributed by atoms with van der Waals surface area (Å²) < 4.78 is 0. The van der Waals surface area contributed by atoms with E-state index in [1.165, 1.54) is 6.20 Å². The normalized spacial score (nSPS) is 10.1. The molecule has 18 heavy (non-hydrogen) atoms. The lowest BCUT2D eigenvalue weighted by Crippen LogP contribution is -2.14. The highest BCUT2D eigenvalue weighted by molar-refractivity contribution is 6.31. The number of anilines is 2. The molecule has 2 aromatic rings. The Morgan fingerprint density at radius 2 is 2.11 bits per heavy atom. The molecule has 1 aromatic carbocycles. The van der Waals surface area contributed by atoms with E-state index in [9.17, 15) is 4.79 Å². The van der Waals surface area contributed by atoms with Crippen molar-refractivity contribution in [1.82, 2.24) is 4.98 Å². The van der Waals surface area contributed by atoms with Gasteiger partial charge in [0.1, 0.15) is 5.82 Å². The Hall–Kier alpha value is -2.07. The molecule has 92 valence electrons. The number of pyridine rings is 1. The van der Waals surface area contributed by atoms with Crippen LogP contribution >= 0.6 is 11.6 Å². The predicted octanol–water partition coefficient (Wildman–Crippen LogP) is 2.88. The Balaban J connectivity index is 2.21. The minimum atomic E-state index is -0.243.